The first kappa shape index (κ1) is 12.3. The van der Waals surface area contributed by atoms with E-state index < -0.39 is 6.04 Å². The smallest absolute Gasteiger partial charge is 0.242 e. The van der Waals surface area contributed by atoms with Gasteiger partial charge in [0.25, 0.3) is 0 Å². The summed E-state index contributed by atoms with van der Waals surface area (Å²) in [5.74, 6) is 0.707. The van der Waals surface area contributed by atoms with E-state index in [1.165, 1.54) is 11.5 Å². The molecule has 0 unspecified atom stereocenters. The second kappa shape index (κ2) is 4.97. The quantitative estimate of drug-likeness (QED) is 0.844. The number of rotatable bonds is 3. The molecule has 0 aromatic carbocycles. The van der Waals surface area contributed by atoms with Crippen LogP contribution in [0, 0.1) is 0 Å². The number of carbonyl (C=O) groups excluding carboxylic acids is 1. The molecule has 6 nitrogen and oxygen atoms in total. The Morgan fingerprint density at radius 1 is 1.65 bits per heavy atom. The molecule has 1 amide bonds. The van der Waals surface area contributed by atoms with Gasteiger partial charge in [0.1, 0.15) is 11.9 Å². The molecule has 1 aliphatic heterocycles. The fraction of sp³-hybridized carbons (Fsp3) is 0.700. The second-order valence-electron chi connectivity index (χ2n) is 4.28. The van der Waals surface area contributed by atoms with Crippen LogP contribution in [0.25, 0.3) is 0 Å². The zero-order chi connectivity index (χ0) is 12.4. The van der Waals surface area contributed by atoms with Crippen LogP contribution in [0.3, 0.4) is 0 Å². The van der Waals surface area contributed by atoms with Crippen molar-refractivity contribution in [3.8, 4) is 0 Å². The predicted octanol–water partition coefficient (Wildman–Crippen LogP) is 0.352. The zero-order valence-corrected chi connectivity index (χ0v) is 10.7. The summed E-state index contributed by atoms with van der Waals surface area (Å²) < 4.78 is 9.54. The number of hydrogen-bond acceptors (Lipinski definition) is 6. The highest BCUT2D eigenvalue weighted by atomic mass is 32.1. The average molecular weight is 256 g/mol. The van der Waals surface area contributed by atoms with E-state index in [1.807, 2.05) is 18.7 Å². The maximum absolute atomic E-state index is 11.3. The normalized spacial score (nSPS) is 20.9. The molecule has 1 atom stereocenters. The SMILES string of the molecule is CC(C)c1nsc(N2CCOC[C@H]2C(N)=O)n1. The molecule has 1 aliphatic rings. The highest BCUT2D eigenvalue weighted by molar-refractivity contribution is 7.09. The Morgan fingerprint density at radius 3 is 3.00 bits per heavy atom. The summed E-state index contributed by atoms with van der Waals surface area (Å²) in [5.41, 5.74) is 5.36. The summed E-state index contributed by atoms with van der Waals surface area (Å²) in [6, 6.07) is -0.434. The van der Waals surface area contributed by atoms with E-state index in [1.54, 1.807) is 0 Å². The van der Waals surface area contributed by atoms with Crippen LogP contribution < -0.4 is 10.6 Å². The number of anilines is 1. The predicted molar refractivity (Wildman–Crippen MR) is 65.1 cm³/mol. The highest BCUT2D eigenvalue weighted by Gasteiger charge is 2.30. The van der Waals surface area contributed by atoms with Gasteiger partial charge in [-0.3, -0.25) is 4.79 Å². The Labute approximate surface area is 104 Å². The summed E-state index contributed by atoms with van der Waals surface area (Å²) in [5, 5.41) is 0.751. The molecule has 2 N–H and O–H groups in total. The van der Waals surface area contributed by atoms with Crippen LogP contribution in [0.15, 0.2) is 0 Å². The summed E-state index contributed by atoms with van der Waals surface area (Å²) in [7, 11) is 0. The van der Waals surface area contributed by atoms with Gasteiger partial charge in [-0.15, -0.1) is 0 Å². The summed E-state index contributed by atoms with van der Waals surface area (Å²) in [6.07, 6.45) is 0. The van der Waals surface area contributed by atoms with Gasteiger partial charge in [0.2, 0.25) is 11.0 Å². The van der Waals surface area contributed by atoms with Gasteiger partial charge in [0.05, 0.1) is 13.2 Å². The Morgan fingerprint density at radius 2 is 2.41 bits per heavy atom. The monoisotopic (exact) mass is 256 g/mol. The van der Waals surface area contributed by atoms with Gasteiger partial charge >= 0.3 is 0 Å². The van der Waals surface area contributed by atoms with Gasteiger partial charge in [-0.1, -0.05) is 13.8 Å². The molecule has 7 heteroatoms. The number of ether oxygens (including phenoxy) is 1. The summed E-state index contributed by atoms with van der Waals surface area (Å²) >= 11 is 1.31. The summed E-state index contributed by atoms with van der Waals surface area (Å²) in [4.78, 5) is 17.7. The van der Waals surface area contributed by atoms with Crippen LogP contribution in [0.1, 0.15) is 25.6 Å². The van der Waals surface area contributed by atoms with E-state index in [0.29, 0.717) is 19.8 Å². The van der Waals surface area contributed by atoms with Gasteiger partial charge in [-0.2, -0.15) is 4.37 Å². The van der Waals surface area contributed by atoms with E-state index in [2.05, 4.69) is 9.36 Å². The number of hydrogen-bond donors (Lipinski definition) is 1. The largest absolute Gasteiger partial charge is 0.377 e. The molecule has 0 spiro atoms. The van der Waals surface area contributed by atoms with E-state index in [4.69, 9.17) is 10.5 Å². The van der Waals surface area contributed by atoms with Crippen molar-refractivity contribution in [3.63, 3.8) is 0 Å². The average Bonchev–Trinajstić information content (AvgIpc) is 2.78. The summed E-state index contributed by atoms with van der Waals surface area (Å²) in [6.45, 7) is 5.61. The molecular weight excluding hydrogens is 240 g/mol. The van der Waals surface area contributed by atoms with Crippen LogP contribution in [0.5, 0.6) is 0 Å². The fourth-order valence-electron chi connectivity index (χ4n) is 1.65. The number of nitrogens with zero attached hydrogens (tertiary/aromatic N) is 3. The topological polar surface area (TPSA) is 81.3 Å². The minimum absolute atomic E-state index is 0.285. The standard InChI is InChI=1S/C10H16N4O2S/c1-6(2)9-12-10(17-13-9)14-3-4-16-5-7(14)8(11)15/h6-7H,3-5H2,1-2H3,(H2,11,15)/t7-/m0/s1. The second-order valence-corrected chi connectivity index (χ2v) is 5.01. The molecule has 2 rings (SSSR count). The van der Waals surface area contributed by atoms with E-state index >= 15 is 0 Å². The van der Waals surface area contributed by atoms with Gasteiger partial charge < -0.3 is 15.4 Å². The van der Waals surface area contributed by atoms with E-state index in [-0.39, 0.29) is 11.8 Å². The number of nitrogens with two attached hydrogens (primary N) is 1. The van der Waals surface area contributed by atoms with Crippen molar-refractivity contribution in [2.75, 3.05) is 24.7 Å². The molecule has 0 radical (unpaired) electrons. The molecule has 2 heterocycles. The molecule has 1 fully saturated rings. The van der Waals surface area contributed by atoms with E-state index in [9.17, 15) is 4.79 Å². The first-order valence-corrected chi connectivity index (χ1v) is 6.34. The van der Waals surface area contributed by atoms with E-state index in [0.717, 1.165) is 11.0 Å². The number of aromatic nitrogens is 2. The molecule has 0 saturated carbocycles. The molecule has 1 saturated heterocycles. The zero-order valence-electron chi connectivity index (χ0n) is 9.92. The third kappa shape index (κ3) is 2.55. The van der Waals surface area contributed by atoms with Crippen LogP contribution in [-0.2, 0) is 9.53 Å². The van der Waals surface area contributed by atoms with Crippen LogP contribution in [0.2, 0.25) is 0 Å². The van der Waals surface area contributed by atoms with Crippen molar-refractivity contribution < 1.29 is 9.53 Å². The maximum Gasteiger partial charge on any atom is 0.242 e. The van der Waals surface area contributed by atoms with Crippen LogP contribution >= 0.6 is 11.5 Å². The molecule has 1 aromatic heterocycles. The van der Waals surface area contributed by atoms with Crippen molar-refractivity contribution in [2.24, 2.45) is 5.73 Å². The molecule has 1 aromatic rings. The maximum atomic E-state index is 11.3. The third-order valence-electron chi connectivity index (χ3n) is 2.65. The molecule has 94 valence electrons. The molecule has 0 bridgehead atoms. The minimum atomic E-state index is -0.434. The van der Waals surface area contributed by atoms with Crippen LogP contribution in [-0.4, -0.2) is 41.1 Å². The Bertz CT molecular complexity index is 407. The lowest BCUT2D eigenvalue weighted by atomic mass is 10.2. The van der Waals surface area contributed by atoms with Crippen molar-refractivity contribution in [1.82, 2.24) is 9.36 Å². The van der Waals surface area contributed by atoms with Gasteiger partial charge in [0, 0.05) is 24.0 Å². The molecule has 0 aliphatic carbocycles. The Kier molecular flexibility index (Phi) is 3.58. The van der Waals surface area contributed by atoms with Crippen molar-refractivity contribution in [1.29, 1.82) is 0 Å². The first-order valence-electron chi connectivity index (χ1n) is 5.57. The fourth-order valence-corrected chi connectivity index (χ4v) is 2.53. The van der Waals surface area contributed by atoms with Gasteiger partial charge in [-0.05, 0) is 0 Å². The Hall–Kier alpha value is -1.21. The van der Waals surface area contributed by atoms with Crippen LogP contribution in [0.4, 0.5) is 5.13 Å². The lowest BCUT2D eigenvalue weighted by Gasteiger charge is -2.32. The van der Waals surface area contributed by atoms with Gasteiger partial charge in [-0.25, -0.2) is 4.98 Å². The Balaban J connectivity index is 2.20. The number of morpholine rings is 1. The van der Waals surface area contributed by atoms with Gasteiger partial charge in [0.15, 0.2) is 0 Å². The lowest BCUT2D eigenvalue weighted by Crippen LogP contribution is -2.52. The minimum Gasteiger partial charge on any atom is -0.377 e. The number of carbonyl (C=O) groups is 1. The number of primary amides is 1. The van der Waals surface area contributed by atoms with Crippen molar-refractivity contribution in [3.05, 3.63) is 5.82 Å². The van der Waals surface area contributed by atoms with Crippen molar-refractivity contribution in [2.45, 2.75) is 25.8 Å². The molecule has 17 heavy (non-hydrogen) atoms. The molecular formula is C10H16N4O2S. The highest BCUT2D eigenvalue weighted by Crippen LogP contribution is 2.24. The third-order valence-corrected chi connectivity index (χ3v) is 3.42. The number of amides is 1. The lowest BCUT2D eigenvalue weighted by molar-refractivity contribution is -0.121. The first-order chi connectivity index (χ1) is 8.09. The van der Waals surface area contributed by atoms with Crippen molar-refractivity contribution >= 4 is 22.6 Å².